The van der Waals surface area contributed by atoms with Crippen molar-refractivity contribution in [1.82, 2.24) is 14.5 Å². The van der Waals surface area contributed by atoms with E-state index in [0.717, 1.165) is 5.56 Å². The first-order chi connectivity index (χ1) is 19.2. The molecule has 0 saturated heterocycles. The number of carbonyl (C=O) groups excluding carboxylic acids is 2. The van der Waals surface area contributed by atoms with Gasteiger partial charge in [-0.25, -0.2) is 9.37 Å². The number of nitrogens with two attached hydrogens (primary N) is 1. The zero-order valence-electron chi connectivity index (χ0n) is 22.4. The van der Waals surface area contributed by atoms with Gasteiger partial charge < -0.3 is 19.5 Å². The fourth-order valence-corrected chi connectivity index (χ4v) is 4.96. The summed E-state index contributed by atoms with van der Waals surface area (Å²) in [5, 5.41) is 0.347. The van der Waals surface area contributed by atoms with Crippen molar-refractivity contribution in [1.29, 1.82) is 0 Å². The molecule has 0 aliphatic heterocycles. The SMILES string of the molecule is Cc1ccc(C(=O)N(CCN)C(c2nc3c(oc4ccc(F)cc43)c(=O)n2Cc2ccc(C=O)o2)C(C)C)cc1. The smallest absolute Gasteiger partial charge is 0.297 e. The van der Waals surface area contributed by atoms with Crippen molar-refractivity contribution >= 4 is 34.3 Å². The number of furan rings is 2. The number of hydrogen-bond donors (Lipinski definition) is 1. The third-order valence-corrected chi connectivity index (χ3v) is 6.84. The van der Waals surface area contributed by atoms with Gasteiger partial charge in [0, 0.05) is 24.0 Å². The Morgan fingerprint density at radius 2 is 1.88 bits per heavy atom. The van der Waals surface area contributed by atoms with Crippen molar-refractivity contribution in [3.63, 3.8) is 0 Å². The summed E-state index contributed by atoms with van der Waals surface area (Å²) in [6.45, 7) is 6.07. The molecule has 3 heterocycles. The van der Waals surface area contributed by atoms with Gasteiger partial charge in [0.1, 0.15) is 28.5 Å². The molecule has 0 aliphatic carbocycles. The summed E-state index contributed by atoms with van der Waals surface area (Å²) in [7, 11) is 0. The Balaban J connectivity index is 1.76. The highest BCUT2D eigenvalue weighted by atomic mass is 19.1. The number of nitrogens with zero attached hydrogens (tertiary/aromatic N) is 3. The quantitative estimate of drug-likeness (QED) is 0.263. The Bertz CT molecular complexity index is 1770. The van der Waals surface area contributed by atoms with E-state index in [9.17, 15) is 18.8 Å². The van der Waals surface area contributed by atoms with Crippen LogP contribution in [0.15, 0.2) is 68.2 Å². The summed E-state index contributed by atoms with van der Waals surface area (Å²) in [4.78, 5) is 45.5. The monoisotopic (exact) mass is 544 g/mol. The summed E-state index contributed by atoms with van der Waals surface area (Å²) in [6, 6.07) is 13.6. The largest absolute Gasteiger partial charge is 0.456 e. The predicted octanol–water partition coefficient (Wildman–Crippen LogP) is 4.84. The molecule has 3 aromatic heterocycles. The zero-order valence-corrected chi connectivity index (χ0v) is 22.4. The number of fused-ring (bicyclic) bond motifs is 3. The van der Waals surface area contributed by atoms with Crippen molar-refractivity contribution in [2.75, 3.05) is 13.1 Å². The fourth-order valence-electron chi connectivity index (χ4n) is 4.96. The van der Waals surface area contributed by atoms with Gasteiger partial charge in [0.05, 0.1) is 12.6 Å². The summed E-state index contributed by atoms with van der Waals surface area (Å²) < 4.78 is 27.0. The first-order valence-corrected chi connectivity index (χ1v) is 13.0. The Kier molecular flexibility index (Phi) is 7.36. The number of aldehydes is 1. The summed E-state index contributed by atoms with van der Waals surface area (Å²) in [6.07, 6.45) is 0.572. The Labute approximate surface area is 229 Å². The molecule has 2 aromatic carbocycles. The van der Waals surface area contributed by atoms with Gasteiger partial charge in [0.25, 0.3) is 11.5 Å². The van der Waals surface area contributed by atoms with Gasteiger partial charge in [0.15, 0.2) is 12.0 Å². The summed E-state index contributed by atoms with van der Waals surface area (Å²) >= 11 is 0. The molecule has 0 saturated carbocycles. The minimum absolute atomic E-state index is 0.0516. The normalized spacial score (nSPS) is 12.3. The van der Waals surface area contributed by atoms with Crippen molar-refractivity contribution in [3.8, 4) is 0 Å². The maximum Gasteiger partial charge on any atom is 0.297 e. The number of rotatable bonds is 9. The summed E-state index contributed by atoms with van der Waals surface area (Å²) in [5.74, 6) is -0.274. The average Bonchev–Trinajstić information content (AvgIpc) is 3.54. The average molecular weight is 545 g/mol. The lowest BCUT2D eigenvalue weighted by atomic mass is 9.99. The van der Waals surface area contributed by atoms with Crippen molar-refractivity contribution in [2.24, 2.45) is 11.7 Å². The molecule has 9 nitrogen and oxygen atoms in total. The molecule has 5 rings (SSSR count). The molecule has 5 aromatic rings. The van der Waals surface area contributed by atoms with Crippen LogP contribution in [0.2, 0.25) is 0 Å². The first-order valence-electron chi connectivity index (χ1n) is 13.0. The Morgan fingerprint density at radius 3 is 2.52 bits per heavy atom. The number of benzene rings is 2. The molecule has 40 heavy (non-hydrogen) atoms. The third kappa shape index (κ3) is 4.93. The highest BCUT2D eigenvalue weighted by Gasteiger charge is 2.33. The first kappa shape index (κ1) is 27.0. The van der Waals surface area contributed by atoms with E-state index in [1.807, 2.05) is 32.9 Å². The maximum atomic E-state index is 14.2. The maximum absolute atomic E-state index is 14.2. The number of halogens is 1. The van der Waals surface area contributed by atoms with E-state index in [1.54, 1.807) is 23.1 Å². The highest BCUT2D eigenvalue weighted by Crippen LogP contribution is 2.32. The molecule has 1 atom stereocenters. The molecular formula is C30H29FN4O5. The van der Waals surface area contributed by atoms with Crippen LogP contribution in [0.1, 0.15) is 58.0 Å². The van der Waals surface area contributed by atoms with Gasteiger partial charge >= 0.3 is 0 Å². The van der Waals surface area contributed by atoms with E-state index in [4.69, 9.17) is 19.6 Å². The van der Waals surface area contributed by atoms with Gasteiger partial charge in [-0.15, -0.1) is 0 Å². The minimum atomic E-state index is -0.700. The second-order valence-electron chi connectivity index (χ2n) is 10.0. The van der Waals surface area contributed by atoms with Crippen LogP contribution in [-0.4, -0.2) is 39.7 Å². The van der Waals surface area contributed by atoms with Crippen LogP contribution >= 0.6 is 0 Å². The molecule has 0 fully saturated rings. The topological polar surface area (TPSA) is 125 Å². The molecule has 0 spiro atoms. The van der Waals surface area contributed by atoms with Gasteiger partial charge in [-0.05, 0) is 55.3 Å². The van der Waals surface area contributed by atoms with Crippen molar-refractivity contribution in [3.05, 3.63) is 99.2 Å². The Morgan fingerprint density at radius 1 is 1.12 bits per heavy atom. The number of amides is 1. The second kappa shape index (κ2) is 10.9. The van der Waals surface area contributed by atoms with E-state index in [-0.39, 0.29) is 54.1 Å². The van der Waals surface area contributed by atoms with Gasteiger partial charge in [-0.2, -0.15) is 0 Å². The molecule has 10 heteroatoms. The standard InChI is InChI=1S/C30H29FN4O5/c1-17(2)26(34(13-12-32)29(37)19-6-4-18(3)5-7-19)28-33-25-23-14-20(31)8-11-24(23)40-27(25)30(38)35(28)15-21-9-10-22(16-36)39-21/h4-11,14,16-17,26H,12-13,15,32H2,1-3H3. The van der Waals surface area contributed by atoms with Gasteiger partial charge in [0.2, 0.25) is 5.58 Å². The third-order valence-electron chi connectivity index (χ3n) is 6.84. The molecule has 0 aliphatic rings. The molecule has 0 bridgehead atoms. The van der Waals surface area contributed by atoms with Crippen molar-refractivity contribution < 1.29 is 22.8 Å². The van der Waals surface area contributed by atoms with Crippen LogP contribution < -0.4 is 11.3 Å². The van der Waals surface area contributed by atoms with Crippen LogP contribution in [0.5, 0.6) is 0 Å². The molecule has 0 radical (unpaired) electrons. The molecule has 206 valence electrons. The van der Waals surface area contributed by atoms with Crippen LogP contribution in [0.25, 0.3) is 22.1 Å². The minimum Gasteiger partial charge on any atom is -0.456 e. The van der Waals surface area contributed by atoms with Crippen LogP contribution in [-0.2, 0) is 6.54 Å². The zero-order chi connectivity index (χ0) is 28.6. The van der Waals surface area contributed by atoms with E-state index >= 15 is 0 Å². The predicted molar refractivity (Wildman–Crippen MR) is 148 cm³/mol. The number of carbonyl (C=O) groups is 2. The highest BCUT2D eigenvalue weighted by molar-refractivity contribution is 6.02. The van der Waals surface area contributed by atoms with Gasteiger partial charge in [-0.1, -0.05) is 31.5 Å². The van der Waals surface area contributed by atoms with E-state index < -0.39 is 17.4 Å². The Hall–Kier alpha value is -4.57. The van der Waals surface area contributed by atoms with Crippen molar-refractivity contribution in [2.45, 2.75) is 33.4 Å². The van der Waals surface area contributed by atoms with Crippen LogP contribution in [0, 0.1) is 18.7 Å². The lowest BCUT2D eigenvalue weighted by Crippen LogP contribution is -2.43. The number of hydrogen-bond acceptors (Lipinski definition) is 7. The fraction of sp³-hybridized carbons (Fsp3) is 0.267. The van der Waals surface area contributed by atoms with Crippen LogP contribution in [0.3, 0.4) is 0 Å². The lowest BCUT2D eigenvalue weighted by Gasteiger charge is -2.35. The molecule has 1 unspecified atom stereocenters. The number of aromatic nitrogens is 2. The van der Waals surface area contributed by atoms with Crippen LogP contribution in [0.4, 0.5) is 4.39 Å². The van der Waals surface area contributed by atoms with E-state index in [1.165, 1.54) is 28.8 Å². The molecule has 1 amide bonds. The van der Waals surface area contributed by atoms with Gasteiger partial charge in [-0.3, -0.25) is 19.0 Å². The number of aryl methyl sites for hydroxylation is 1. The van der Waals surface area contributed by atoms with E-state index in [0.29, 0.717) is 28.6 Å². The second-order valence-corrected chi connectivity index (χ2v) is 10.0. The molecular weight excluding hydrogens is 515 g/mol. The molecule has 2 N–H and O–H groups in total. The summed E-state index contributed by atoms with van der Waals surface area (Å²) in [5.41, 5.74) is 7.38. The van der Waals surface area contributed by atoms with E-state index in [2.05, 4.69) is 0 Å². The lowest BCUT2D eigenvalue weighted by molar-refractivity contribution is 0.0612.